The van der Waals surface area contributed by atoms with E-state index in [1.54, 1.807) is 6.92 Å². The Balaban J connectivity index is 1.96. The average Bonchev–Trinajstić information content (AvgIpc) is 2.86. The van der Waals surface area contributed by atoms with Crippen LogP contribution in [0.15, 0.2) is 29.1 Å². The van der Waals surface area contributed by atoms with Gasteiger partial charge in [0, 0.05) is 26.2 Å². The first-order valence-electron chi connectivity index (χ1n) is 9.21. The third-order valence-electron chi connectivity index (χ3n) is 5.01. The summed E-state index contributed by atoms with van der Waals surface area (Å²) in [5, 5.41) is 20.6. The van der Waals surface area contributed by atoms with E-state index >= 15 is 0 Å². The molecule has 0 atom stereocenters. The van der Waals surface area contributed by atoms with Crippen LogP contribution in [0, 0.1) is 17.0 Å². The summed E-state index contributed by atoms with van der Waals surface area (Å²) in [7, 11) is 0. The van der Waals surface area contributed by atoms with Crippen molar-refractivity contribution in [3.63, 3.8) is 0 Å². The van der Waals surface area contributed by atoms with Crippen molar-refractivity contribution in [2.24, 2.45) is 0 Å². The summed E-state index contributed by atoms with van der Waals surface area (Å²) >= 11 is 0. The van der Waals surface area contributed by atoms with E-state index in [0.29, 0.717) is 38.3 Å². The summed E-state index contributed by atoms with van der Waals surface area (Å²) in [6.07, 6.45) is 2.61. The standard InChI is InChI=1S/C19H24N4O4/c1-14-20-18(17(23(26)27)19(25)22(14)10-4-5-13-24)21-11-8-15-6-2-3-7-16(15)9-12-21/h2-3,6-7,24H,4-5,8-13H2,1H3. The molecule has 0 saturated carbocycles. The van der Waals surface area contributed by atoms with Gasteiger partial charge < -0.3 is 10.0 Å². The van der Waals surface area contributed by atoms with Gasteiger partial charge in [0.1, 0.15) is 5.82 Å². The molecule has 3 rings (SSSR count). The lowest BCUT2D eigenvalue weighted by Gasteiger charge is -2.22. The lowest BCUT2D eigenvalue weighted by molar-refractivity contribution is -0.386. The first kappa shape index (κ1) is 19.0. The summed E-state index contributed by atoms with van der Waals surface area (Å²) in [6, 6.07) is 8.13. The number of aliphatic hydroxyl groups excluding tert-OH is 1. The van der Waals surface area contributed by atoms with Crippen molar-refractivity contribution in [2.45, 2.75) is 39.2 Å². The fourth-order valence-electron chi connectivity index (χ4n) is 3.54. The van der Waals surface area contributed by atoms with E-state index in [1.165, 1.54) is 15.7 Å². The molecule has 1 aromatic carbocycles. The van der Waals surface area contributed by atoms with Crippen molar-refractivity contribution < 1.29 is 10.0 Å². The second-order valence-electron chi connectivity index (χ2n) is 6.73. The SMILES string of the molecule is Cc1nc(N2CCc3ccccc3CC2)c([N+](=O)[O-])c(=O)n1CCCCO. The Hall–Kier alpha value is -2.74. The molecule has 2 heterocycles. The molecule has 1 aromatic heterocycles. The smallest absolute Gasteiger partial charge is 0.376 e. The molecule has 1 aliphatic rings. The number of nitrogens with zero attached hydrogens (tertiary/aromatic N) is 4. The number of aryl methyl sites for hydroxylation is 1. The van der Waals surface area contributed by atoms with Crippen LogP contribution in [0.1, 0.15) is 29.8 Å². The Bertz CT molecular complexity index is 867. The van der Waals surface area contributed by atoms with Crippen LogP contribution < -0.4 is 10.5 Å². The molecular formula is C19H24N4O4. The van der Waals surface area contributed by atoms with Gasteiger partial charge >= 0.3 is 11.2 Å². The predicted octanol–water partition coefficient (Wildman–Crippen LogP) is 1.84. The van der Waals surface area contributed by atoms with Gasteiger partial charge in [0.25, 0.3) is 0 Å². The molecule has 1 N–H and O–H groups in total. The average molecular weight is 372 g/mol. The van der Waals surface area contributed by atoms with Crippen molar-refractivity contribution in [2.75, 3.05) is 24.6 Å². The summed E-state index contributed by atoms with van der Waals surface area (Å²) in [5.74, 6) is 0.619. The molecule has 0 aliphatic carbocycles. The Morgan fingerprint density at radius 3 is 2.37 bits per heavy atom. The van der Waals surface area contributed by atoms with Gasteiger partial charge in [0.05, 0.1) is 4.92 Å². The quantitative estimate of drug-likeness (QED) is 0.472. The number of unbranched alkanes of at least 4 members (excludes halogenated alkanes) is 1. The molecule has 0 bridgehead atoms. The van der Waals surface area contributed by atoms with E-state index in [2.05, 4.69) is 17.1 Å². The van der Waals surface area contributed by atoms with Gasteiger partial charge in [-0.3, -0.25) is 19.5 Å². The minimum atomic E-state index is -0.623. The Kier molecular flexibility index (Phi) is 5.85. The minimum Gasteiger partial charge on any atom is -0.396 e. The monoisotopic (exact) mass is 372 g/mol. The Morgan fingerprint density at radius 2 is 1.81 bits per heavy atom. The van der Waals surface area contributed by atoms with Gasteiger partial charge in [-0.2, -0.15) is 0 Å². The highest BCUT2D eigenvalue weighted by Gasteiger charge is 2.29. The molecule has 8 nitrogen and oxygen atoms in total. The summed E-state index contributed by atoms with van der Waals surface area (Å²) in [4.78, 5) is 30.1. The van der Waals surface area contributed by atoms with Crippen LogP contribution in [-0.4, -0.2) is 39.3 Å². The highest BCUT2D eigenvalue weighted by atomic mass is 16.6. The van der Waals surface area contributed by atoms with E-state index < -0.39 is 16.2 Å². The zero-order chi connectivity index (χ0) is 19.4. The minimum absolute atomic E-state index is 0.0236. The molecule has 8 heteroatoms. The number of hydrogen-bond donors (Lipinski definition) is 1. The number of nitro groups is 1. The number of aromatic nitrogens is 2. The van der Waals surface area contributed by atoms with Crippen molar-refractivity contribution in [1.82, 2.24) is 9.55 Å². The molecule has 0 fully saturated rings. The van der Waals surface area contributed by atoms with Crippen LogP contribution in [0.3, 0.4) is 0 Å². The molecule has 0 radical (unpaired) electrons. The Morgan fingerprint density at radius 1 is 1.19 bits per heavy atom. The van der Waals surface area contributed by atoms with Crippen LogP contribution in [0.4, 0.5) is 11.5 Å². The number of fused-ring (bicyclic) bond motifs is 1. The Labute approximate surface area is 157 Å². The number of anilines is 1. The summed E-state index contributed by atoms with van der Waals surface area (Å²) < 4.78 is 1.34. The molecule has 27 heavy (non-hydrogen) atoms. The van der Waals surface area contributed by atoms with Gasteiger partial charge in [-0.25, -0.2) is 4.98 Å². The number of hydrogen-bond acceptors (Lipinski definition) is 6. The second kappa shape index (κ2) is 8.30. The molecule has 0 saturated heterocycles. The molecule has 0 amide bonds. The molecular weight excluding hydrogens is 348 g/mol. The first-order chi connectivity index (χ1) is 13.0. The maximum absolute atomic E-state index is 12.8. The molecule has 144 valence electrons. The van der Waals surface area contributed by atoms with E-state index in [9.17, 15) is 14.9 Å². The lowest BCUT2D eigenvalue weighted by Crippen LogP contribution is -2.33. The summed E-state index contributed by atoms with van der Waals surface area (Å²) in [6.45, 7) is 3.19. The lowest BCUT2D eigenvalue weighted by atomic mass is 10.0. The van der Waals surface area contributed by atoms with Gasteiger partial charge in [0.2, 0.25) is 5.82 Å². The number of benzene rings is 1. The topological polar surface area (TPSA) is 102 Å². The highest BCUT2D eigenvalue weighted by molar-refractivity contribution is 5.57. The van der Waals surface area contributed by atoms with Gasteiger partial charge in [-0.05, 0) is 43.7 Å². The zero-order valence-corrected chi connectivity index (χ0v) is 15.4. The third kappa shape index (κ3) is 4.00. The third-order valence-corrected chi connectivity index (χ3v) is 5.01. The van der Waals surface area contributed by atoms with E-state index in [1.807, 2.05) is 17.0 Å². The van der Waals surface area contributed by atoms with E-state index in [4.69, 9.17) is 5.11 Å². The molecule has 2 aromatic rings. The largest absolute Gasteiger partial charge is 0.396 e. The van der Waals surface area contributed by atoms with E-state index in [0.717, 1.165) is 12.8 Å². The maximum atomic E-state index is 12.8. The number of rotatable bonds is 6. The molecule has 0 unspecified atom stereocenters. The molecule has 0 spiro atoms. The zero-order valence-electron chi connectivity index (χ0n) is 15.4. The van der Waals surface area contributed by atoms with Crippen LogP contribution in [0.25, 0.3) is 0 Å². The van der Waals surface area contributed by atoms with Crippen molar-refractivity contribution in [3.8, 4) is 0 Å². The van der Waals surface area contributed by atoms with Crippen LogP contribution >= 0.6 is 0 Å². The molecule has 1 aliphatic heterocycles. The van der Waals surface area contributed by atoms with Crippen molar-refractivity contribution >= 4 is 11.5 Å². The predicted molar refractivity (Wildman–Crippen MR) is 102 cm³/mol. The van der Waals surface area contributed by atoms with Crippen molar-refractivity contribution in [1.29, 1.82) is 0 Å². The van der Waals surface area contributed by atoms with E-state index in [-0.39, 0.29) is 12.4 Å². The van der Waals surface area contributed by atoms with Gasteiger partial charge in [-0.1, -0.05) is 24.3 Å². The fourth-order valence-corrected chi connectivity index (χ4v) is 3.54. The van der Waals surface area contributed by atoms with Crippen LogP contribution in [0.2, 0.25) is 0 Å². The maximum Gasteiger partial charge on any atom is 0.376 e. The van der Waals surface area contributed by atoms with Gasteiger partial charge in [0.15, 0.2) is 0 Å². The van der Waals surface area contributed by atoms with Crippen molar-refractivity contribution in [3.05, 3.63) is 61.7 Å². The normalized spacial score (nSPS) is 13.9. The van der Waals surface area contributed by atoms with Crippen LogP contribution in [-0.2, 0) is 19.4 Å². The highest BCUT2D eigenvalue weighted by Crippen LogP contribution is 2.26. The van der Waals surface area contributed by atoms with Crippen LogP contribution in [0.5, 0.6) is 0 Å². The summed E-state index contributed by atoms with van der Waals surface area (Å²) in [5.41, 5.74) is 1.38. The second-order valence-corrected chi connectivity index (χ2v) is 6.73. The fraction of sp³-hybridized carbons (Fsp3) is 0.474. The first-order valence-corrected chi connectivity index (χ1v) is 9.21. The number of aliphatic hydroxyl groups is 1. The van der Waals surface area contributed by atoms with Gasteiger partial charge in [-0.15, -0.1) is 0 Å².